The van der Waals surface area contributed by atoms with E-state index in [9.17, 15) is 14.0 Å². The minimum Gasteiger partial charge on any atom is -0.340 e. The van der Waals surface area contributed by atoms with Gasteiger partial charge in [0.05, 0.1) is 16.2 Å². The molecule has 0 radical (unpaired) electrons. The van der Waals surface area contributed by atoms with Crippen LogP contribution in [-0.4, -0.2) is 32.7 Å². The van der Waals surface area contributed by atoms with E-state index in [1.165, 1.54) is 28.5 Å². The third kappa shape index (κ3) is 4.74. The molecule has 3 rings (SSSR count). The van der Waals surface area contributed by atoms with Crippen LogP contribution in [0.2, 0.25) is 0 Å². The van der Waals surface area contributed by atoms with Crippen LogP contribution >= 0.6 is 11.8 Å². The maximum atomic E-state index is 13.4. The van der Waals surface area contributed by atoms with E-state index in [4.69, 9.17) is 0 Å². The van der Waals surface area contributed by atoms with E-state index in [1.54, 1.807) is 55.3 Å². The van der Waals surface area contributed by atoms with Crippen molar-refractivity contribution < 1.29 is 9.18 Å². The summed E-state index contributed by atoms with van der Waals surface area (Å²) >= 11 is 1.23. The molecule has 0 N–H and O–H groups in total. The Morgan fingerprint density at radius 1 is 1.31 bits per heavy atom. The molecule has 0 aliphatic rings. The van der Waals surface area contributed by atoms with Crippen molar-refractivity contribution >= 4 is 28.6 Å². The van der Waals surface area contributed by atoms with Crippen molar-refractivity contribution in [3.63, 3.8) is 0 Å². The zero-order chi connectivity index (χ0) is 21.0. The van der Waals surface area contributed by atoms with Gasteiger partial charge >= 0.3 is 0 Å². The number of allylic oxidation sites excluding steroid dienone is 1. The molecule has 0 aliphatic heterocycles. The van der Waals surface area contributed by atoms with E-state index in [0.717, 1.165) is 0 Å². The highest BCUT2D eigenvalue weighted by atomic mass is 32.2. The summed E-state index contributed by atoms with van der Waals surface area (Å²) in [6.07, 6.45) is 1.63. The van der Waals surface area contributed by atoms with Crippen molar-refractivity contribution in [2.75, 3.05) is 7.05 Å². The molecular weight excluding hydrogens is 389 g/mol. The van der Waals surface area contributed by atoms with Gasteiger partial charge in [0.1, 0.15) is 5.82 Å². The Balaban J connectivity index is 1.83. The molecule has 5 nitrogen and oxygen atoms in total. The summed E-state index contributed by atoms with van der Waals surface area (Å²) in [6, 6.07) is 13.3. The standard InChI is InChI=1S/C22H22FN3O2S/c1-4-12-26-21(28)18-10-5-6-11-19(18)24-22(26)29-15(2)20(27)25(3)14-16-8-7-9-17(23)13-16/h4-11,13,15H,1,12,14H2,2-3H3/t15-/m1/s1. The van der Waals surface area contributed by atoms with E-state index < -0.39 is 5.25 Å². The summed E-state index contributed by atoms with van der Waals surface area (Å²) in [6.45, 7) is 6.09. The minimum atomic E-state index is -0.474. The maximum absolute atomic E-state index is 13.4. The van der Waals surface area contributed by atoms with Crippen LogP contribution in [0, 0.1) is 5.82 Å². The molecule has 0 aliphatic carbocycles. The van der Waals surface area contributed by atoms with Crippen LogP contribution in [0.5, 0.6) is 0 Å². The topological polar surface area (TPSA) is 55.2 Å². The molecule has 3 aromatic rings. The fraction of sp³-hybridized carbons (Fsp3) is 0.227. The first kappa shape index (κ1) is 20.8. The van der Waals surface area contributed by atoms with Gasteiger partial charge in [-0.15, -0.1) is 6.58 Å². The van der Waals surface area contributed by atoms with Crippen molar-refractivity contribution in [2.45, 2.75) is 30.4 Å². The molecule has 2 aromatic carbocycles. The first-order valence-electron chi connectivity index (χ1n) is 9.17. The predicted octanol–water partition coefficient (Wildman–Crippen LogP) is 3.86. The highest BCUT2D eigenvalue weighted by Crippen LogP contribution is 2.24. The zero-order valence-corrected chi connectivity index (χ0v) is 17.2. The first-order valence-corrected chi connectivity index (χ1v) is 10.0. The number of fused-ring (bicyclic) bond motifs is 1. The molecular formula is C22H22FN3O2S. The second kappa shape index (κ2) is 9.05. The number of aromatic nitrogens is 2. The lowest BCUT2D eigenvalue weighted by atomic mass is 10.2. The Morgan fingerprint density at radius 3 is 2.79 bits per heavy atom. The van der Waals surface area contributed by atoms with Crippen molar-refractivity contribution in [1.82, 2.24) is 14.5 Å². The van der Waals surface area contributed by atoms with Crippen LogP contribution in [0.15, 0.2) is 71.1 Å². The Morgan fingerprint density at radius 2 is 2.07 bits per heavy atom. The lowest BCUT2D eigenvalue weighted by Crippen LogP contribution is -2.33. The number of hydrogen-bond acceptors (Lipinski definition) is 4. The SMILES string of the molecule is C=CCn1c(S[C@H](C)C(=O)N(C)Cc2cccc(F)c2)nc2ccccc2c1=O. The number of carbonyl (C=O) groups excluding carboxylic acids is 1. The van der Waals surface area contributed by atoms with Crippen LogP contribution in [0.3, 0.4) is 0 Å². The van der Waals surface area contributed by atoms with Crippen LogP contribution in [0.1, 0.15) is 12.5 Å². The minimum absolute atomic E-state index is 0.133. The highest BCUT2D eigenvalue weighted by molar-refractivity contribution is 8.00. The number of nitrogens with zero attached hydrogens (tertiary/aromatic N) is 3. The highest BCUT2D eigenvalue weighted by Gasteiger charge is 2.22. The Kier molecular flexibility index (Phi) is 6.49. The zero-order valence-electron chi connectivity index (χ0n) is 16.3. The Hall–Kier alpha value is -2.93. The van der Waals surface area contributed by atoms with Crippen molar-refractivity contribution in [3.05, 3.63) is 82.9 Å². The average Bonchev–Trinajstić information content (AvgIpc) is 2.70. The second-order valence-corrected chi connectivity index (χ2v) is 8.01. The van der Waals surface area contributed by atoms with Crippen LogP contribution in [0.4, 0.5) is 4.39 Å². The fourth-order valence-electron chi connectivity index (χ4n) is 3.03. The van der Waals surface area contributed by atoms with Gasteiger partial charge in [0.2, 0.25) is 5.91 Å². The van der Waals surface area contributed by atoms with Crippen molar-refractivity contribution in [2.24, 2.45) is 0 Å². The smallest absolute Gasteiger partial charge is 0.262 e. The van der Waals surface area contributed by atoms with Gasteiger partial charge < -0.3 is 4.90 Å². The number of para-hydroxylation sites is 1. The van der Waals surface area contributed by atoms with Gasteiger partial charge in [-0.3, -0.25) is 14.2 Å². The summed E-state index contributed by atoms with van der Waals surface area (Å²) in [5.74, 6) is -0.466. The number of hydrogen-bond donors (Lipinski definition) is 0. The van der Waals surface area contributed by atoms with E-state index in [0.29, 0.717) is 34.7 Å². The third-order valence-corrected chi connectivity index (χ3v) is 5.53. The van der Waals surface area contributed by atoms with Crippen molar-refractivity contribution in [3.8, 4) is 0 Å². The van der Waals surface area contributed by atoms with Crippen molar-refractivity contribution in [1.29, 1.82) is 0 Å². The summed E-state index contributed by atoms with van der Waals surface area (Å²) in [7, 11) is 1.68. The Labute approximate surface area is 172 Å². The number of carbonyl (C=O) groups is 1. The summed E-state index contributed by atoms with van der Waals surface area (Å²) in [5, 5.41) is 0.521. The lowest BCUT2D eigenvalue weighted by molar-refractivity contribution is -0.129. The molecule has 1 atom stereocenters. The number of amides is 1. The average molecular weight is 412 g/mol. The van der Waals surface area contributed by atoms with Gasteiger partial charge in [-0.25, -0.2) is 9.37 Å². The van der Waals surface area contributed by atoms with Gasteiger partial charge in [0.15, 0.2) is 5.16 Å². The van der Waals surface area contributed by atoms with Crippen LogP contribution < -0.4 is 5.56 Å². The van der Waals surface area contributed by atoms with Gasteiger partial charge in [0, 0.05) is 20.1 Å². The number of halogens is 1. The predicted molar refractivity (Wildman–Crippen MR) is 114 cm³/mol. The summed E-state index contributed by atoms with van der Waals surface area (Å²) in [4.78, 5) is 31.8. The summed E-state index contributed by atoms with van der Waals surface area (Å²) in [5.41, 5.74) is 1.14. The molecule has 150 valence electrons. The first-order chi connectivity index (χ1) is 13.9. The molecule has 0 spiro atoms. The number of rotatable bonds is 7. The fourth-order valence-corrected chi connectivity index (χ4v) is 4.07. The molecule has 0 saturated heterocycles. The van der Waals surface area contributed by atoms with Gasteiger partial charge in [-0.05, 0) is 36.8 Å². The number of thioether (sulfide) groups is 1. The van der Waals surface area contributed by atoms with E-state index >= 15 is 0 Å². The quantitative estimate of drug-likeness (QED) is 0.337. The third-order valence-electron chi connectivity index (χ3n) is 4.45. The van der Waals surface area contributed by atoms with E-state index in [1.807, 2.05) is 6.07 Å². The van der Waals surface area contributed by atoms with Crippen LogP contribution in [0.25, 0.3) is 10.9 Å². The number of benzene rings is 2. The Bertz CT molecular complexity index is 1110. The molecule has 1 heterocycles. The molecule has 0 bridgehead atoms. The second-order valence-electron chi connectivity index (χ2n) is 6.70. The molecule has 7 heteroatoms. The van der Waals surface area contributed by atoms with E-state index in [2.05, 4.69) is 11.6 Å². The van der Waals surface area contributed by atoms with Gasteiger partial charge in [-0.1, -0.05) is 42.1 Å². The largest absolute Gasteiger partial charge is 0.340 e. The van der Waals surface area contributed by atoms with E-state index in [-0.39, 0.29) is 17.3 Å². The molecule has 29 heavy (non-hydrogen) atoms. The molecule has 1 amide bonds. The van der Waals surface area contributed by atoms with Gasteiger partial charge in [-0.2, -0.15) is 0 Å². The lowest BCUT2D eigenvalue weighted by Gasteiger charge is -2.22. The summed E-state index contributed by atoms with van der Waals surface area (Å²) < 4.78 is 14.9. The molecule has 0 saturated carbocycles. The van der Waals surface area contributed by atoms with Crippen LogP contribution in [-0.2, 0) is 17.9 Å². The molecule has 0 fully saturated rings. The molecule has 1 aromatic heterocycles. The normalized spacial score (nSPS) is 12.0. The maximum Gasteiger partial charge on any atom is 0.262 e. The molecule has 0 unspecified atom stereocenters. The monoisotopic (exact) mass is 411 g/mol. The van der Waals surface area contributed by atoms with Gasteiger partial charge in [0.25, 0.3) is 5.56 Å².